The Hall–Kier alpha value is -2.90. The molecule has 0 saturated carbocycles. The molecule has 0 radical (unpaired) electrons. The van der Waals surface area contributed by atoms with Crippen molar-refractivity contribution in [3.8, 4) is 5.75 Å². The molecule has 7 nitrogen and oxygen atoms in total. The number of nitrogens with one attached hydrogen (secondary N) is 1. The first-order valence-corrected chi connectivity index (χ1v) is 12.5. The number of quaternary nitrogens is 1. The molecule has 0 aromatic heterocycles. The summed E-state index contributed by atoms with van der Waals surface area (Å²) in [6.45, 7) is 10.2. The van der Waals surface area contributed by atoms with Crippen LogP contribution in [0, 0.1) is 0 Å². The summed E-state index contributed by atoms with van der Waals surface area (Å²) in [5, 5.41) is 9.88. The quantitative estimate of drug-likeness (QED) is 0.219. The Bertz CT molecular complexity index is 879. The summed E-state index contributed by atoms with van der Waals surface area (Å²) in [5.41, 5.74) is 1.56. The van der Waals surface area contributed by atoms with Crippen LogP contribution in [0.15, 0.2) is 48.5 Å². The van der Waals surface area contributed by atoms with Crippen molar-refractivity contribution in [2.45, 2.75) is 46.5 Å². The Kier molecular flexibility index (Phi) is 14.4. The van der Waals surface area contributed by atoms with Gasteiger partial charge in [0.1, 0.15) is 18.9 Å². The van der Waals surface area contributed by atoms with Gasteiger partial charge in [-0.05, 0) is 56.7 Å². The van der Waals surface area contributed by atoms with Gasteiger partial charge >= 0.3 is 5.97 Å². The largest absolute Gasteiger partial charge is 0.493 e. The second kappa shape index (κ2) is 16.7. The highest BCUT2D eigenvalue weighted by Crippen LogP contribution is 2.21. The van der Waals surface area contributed by atoms with Crippen LogP contribution >= 0.6 is 0 Å². The van der Waals surface area contributed by atoms with E-state index in [-0.39, 0.29) is 11.9 Å². The van der Waals surface area contributed by atoms with Gasteiger partial charge in [-0.15, -0.1) is 0 Å². The Morgan fingerprint density at radius 2 is 1.54 bits per heavy atom. The van der Waals surface area contributed by atoms with Gasteiger partial charge < -0.3 is 24.4 Å². The molecule has 0 saturated heterocycles. The zero-order valence-electron chi connectivity index (χ0n) is 22.0. The number of aliphatic hydroxyl groups excluding tert-OH is 1. The molecular weight excluding hydrogens is 444 g/mol. The Morgan fingerprint density at radius 3 is 2.17 bits per heavy atom. The average Bonchev–Trinajstić information content (AvgIpc) is 2.90. The van der Waals surface area contributed by atoms with Gasteiger partial charge in [0.15, 0.2) is 0 Å². The van der Waals surface area contributed by atoms with Gasteiger partial charge in [-0.3, -0.25) is 4.79 Å². The van der Waals surface area contributed by atoms with Crippen LogP contribution in [0.5, 0.6) is 5.75 Å². The van der Waals surface area contributed by atoms with E-state index in [1.165, 1.54) is 12.8 Å². The van der Waals surface area contributed by atoms with Crippen molar-refractivity contribution < 1.29 is 28.7 Å². The van der Waals surface area contributed by atoms with E-state index in [4.69, 9.17) is 14.6 Å². The first-order chi connectivity index (χ1) is 16.9. The van der Waals surface area contributed by atoms with Crippen LogP contribution in [0.25, 0.3) is 0 Å². The monoisotopic (exact) mass is 487 g/mol. The molecule has 0 heterocycles. The zero-order valence-corrected chi connectivity index (χ0v) is 22.0. The minimum Gasteiger partial charge on any atom is -0.493 e. The number of carbonyl (C=O) groups is 2. The Balaban J connectivity index is 0.00000298. The van der Waals surface area contributed by atoms with E-state index in [9.17, 15) is 9.59 Å². The third-order valence-corrected chi connectivity index (χ3v) is 6.16. The van der Waals surface area contributed by atoms with Gasteiger partial charge in [0.05, 0.1) is 37.9 Å². The van der Waals surface area contributed by atoms with Crippen LogP contribution in [-0.2, 0) is 4.74 Å². The molecule has 0 aliphatic rings. The number of amides is 1. The predicted octanol–water partition coefficient (Wildman–Crippen LogP) is 5.15. The number of esters is 1. The standard InChI is InChI=1S/C27H38N2O4.CH4O/c1-5-8-9-12-20-32-25-14-11-10-13-24(25)26(30)28-23-17-15-22(16-18-23)27(31)33-21-19-29(4,6-2)7-3;1-2/h10-11,13-18H,5-9,12,19-21H2,1-4H3;2H,1H3/p+1. The molecule has 194 valence electrons. The molecule has 0 atom stereocenters. The molecule has 2 aromatic carbocycles. The highest BCUT2D eigenvalue weighted by atomic mass is 16.5. The fourth-order valence-corrected chi connectivity index (χ4v) is 3.36. The van der Waals surface area contributed by atoms with Crippen molar-refractivity contribution in [3.05, 3.63) is 59.7 Å². The summed E-state index contributed by atoms with van der Waals surface area (Å²) in [4.78, 5) is 25.1. The van der Waals surface area contributed by atoms with E-state index in [1.54, 1.807) is 30.3 Å². The van der Waals surface area contributed by atoms with E-state index in [0.717, 1.165) is 44.1 Å². The molecule has 0 spiro atoms. The first kappa shape index (κ1) is 30.1. The molecular formula is C28H43N2O5+. The summed E-state index contributed by atoms with van der Waals surface area (Å²) in [5.74, 6) is -0.0182. The lowest BCUT2D eigenvalue weighted by Crippen LogP contribution is -2.46. The molecule has 7 heteroatoms. The van der Waals surface area contributed by atoms with E-state index < -0.39 is 0 Å². The smallest absolute Gasteiger partial charge is 0.338 e. The third-order valence-electron chi connectivity index (χ3n) is 6.16. The number of nitrogens with zero attached hydrogens (tertiary/aromatic N) is 1. The van der Waals surface area contributed by atoms with Crippen LogP contribution in [-0.4, -0.2) is 68.5 Å². The van der Waals surface area contributed by atoms with E-state index in [2.05, 4.69) is 33.1 Å². The number of aliphatic hydroxyl groups is 1. The minimum atomic E-state index is -0.353. The maximum Gasteiger partial charge on any atom is 0.338 e. The number of hydrogen-bond donors (Lipinski definition) is 2. The zero-order chi connectivity index (χ0) is 26.1. The average molecular weight is 488 g/mol. The Morgan fingerprint density at radius 1 is 0.886 bits per heavy atom. The van der Waals surface area contributed by atoms with E-state index in [0.29, 0.717) is 35.8 Å². The van der Waals surface area contributed by atoms with E-state index in [1.807, 2.05) is 18.2 Å². The molecule has 2 rings (SSSR count). The van der Waals surface area contributed by atoms with Crippen LogP contribution in [0.2, 0.25) is 0 Å². The maximum absolute atomic E-state index is 12.8. The van der Waals surface area contributed by atoms with Crippen molar-refractivity contribution in [1.29, 1.82) is 0 Å². The number of ether oxygens (including phenoxy) is 2. The summed E-state index contributed by atoms with van der Waals surface area (Å²) >= 11 is 0. The second-order valence-corrected chi connectivity index (χ2v) is 8.55. The predicted molar refractivity (Wildman–Crippen MR) is 141 cm³/mol. The number of hydrogen-bond acceptors (Lipinski definition) is 5. The number of likely N-dealkylation sites (N-methyl/N-ethyl adjacent to an activating group) is 1. The lowest BCUT2D eigenvalue weighted by molar-refractivity contribution is -0.906. The molecule has 0 fully saturated rings. The number of anilines is 1. The maximum atomic E-state index is 12.8. The van der Waals surface area contributed by atoms with Crippen LogP contribution in [0.4, 0.5) is 5.69 Å². The summed E-state index contributed by atoms with van der Waals surface area (Å²) in [6.07, 6.45) is 4.45. The fourth-order valence-electron chi connectivity index (χ4n) is 3.36. The summed E-state index contributed by atoms with van der Waals surface area (Å²) < 4.78 is 12.1. The molecule has 0 unspecified atom stereocenters. The van der Waals surface area contributed by atoms with Crippen molar-refractivity contribution >= 4 is 17.6 Å². The lowest BCUT2D eigenvalue weighted by Gasteiger charge is -2.31. The summed E-state index contributed by atoms with van der Waals surface area (Å²) in [7, 11) is 3.15. The first-order valence-electron chi connectivity index (χ1n) is 12.5. The number of unbranched alkanes of at least 4 members (excludes halogenated alkanes) is 3. The topological polar surface area (TPSA) is 84.9 Å². The van der Waals surface area contributed by atoms with Crippen molar-refractivity contribution in [2.24, 2.45) is 0 Å². The van der Waals surface area contributed by atoms with Crippen LogP contribution < -0.4 is 10.1 Å². The molecule has 0 aliphatic carbocycles. The molecule has 35 heavy (non-hydrogen) atoms. The molecule has 2 aromatic rings. The van der Waals surface area contributed by atoms with Crippen molar-refractivity contribution in [2.75, 3.05) is 52.3 Å². The van der Waals surface area contributed by atoms with Gasteiger partial charge in [-0.2, -0.15) is 0 Å². The summed E-state index contributed by atoms with van der Waals surface area (Å²) in [6, 6.07) is 14.0. The van der Waals surface area contributed by atoms with Gasteiger partial charge in [0.2, 0.25) is 0 Å². The fraction of sp³-hybridized carbons (Fsp3) is 0.500. The Labute approximate surface area is 210 Å². The highest BCUT2D eigenvalue weighted by molar-refractivity contribution is 6.06. The van der Waals surface area contributed by atoms with Gasteiger partial charge in [-0.25, -0.2) is 4.79 Å². The third kappa shape index (κ3) is 10.5. The molecule has 0 bridgehead atoms. The van der Waals surface area contributed by atoms with Crippen LogP contribution in [0.1, 0.15) is 67.2 Å². The van der Waals surface area contributed by atoms with Crippen molar-refractivity contribution in [1.82, 2.24) is 0 Å². The number of para-hydroxylation sites is 1. The molecule has 1 amide bonds. The van der Waals surface area contributed by atoms with Gasteiger partial charge in [-0.1, -0.05) is 38.3 Å². The minimum absolute atomic E-state index is 0.245. The number of benzene rings is 2. The van der Waals surface area contributed by atoms with Gasteiger partial charge in [0.25, 0.3) is 5.91 Å². The lowest BCUT2D eigenvalue weighted by atomic mass is 10.1. The normalized spacial score (nSPS) is 10.7. The highest BCUT2D eigenvalue weighted by Gasteiger charge is 2.18. The molecule has 0 aliphatic heterocycles. The van der Waals surface area contributed by atoms with Crippen molar-refractivity contribution in [3.63, 3.8) is 0 Å². The van der Waals surface area contributed by atoms with Crippen LogP contribution in [0.3, 0.4) is 0 Å². The van der Waals surface area contributed by atoms with E-state index >= 15 is 0 Å². The molecule has 2 N–H and O–H groups in total. The van der Waals surface area contributed by atoms with Gasteiger partial charge in [0, 0.05) is 12.8 Å². The number of carbonyl (C=O) groups excluding carboxylic acids is 2. The number of rotatable bonds is 14. The second-order valence-electron chi connectivity index (χ2n) is 8.55. The SMILES string of the molecule is CCCCCCOc1ccccc1C(=O)Nc1ccc(C(=O)OCC[N+](C)(CC)CC)cc1.CO.